The number of nitrogens with one attached hydrogen (secondary N) is 2. The van der Waals surface area contributed by atoms with Gasteiger partial charge in [-0.3, -0.25) is 9.59 Å². The normalized spacial score (nSPS) is 20.7. The first kappa shape index (κ1) is 15.1. The molecule has 1 saturated carbocycles. The Morgan fingerprint density at radius 3 is 2.85 bits per heavy atom. The summed E-state index contributed by atoms with van der Waals surface area (Å²) in [6.45, 7) is 0. The number of alkyl halides is 1. The fourth-order valence-corrected chi connectivity index (χ4v) is 3.27. The van der Waals surface area contributed by atoms with Crippen LogP contribution in [-0.4, -0.2) is 27.4 Å². The number of carbonyl (C=O) groups is 2. The van der Waals surface area contributed by atoms with E-state index in [1.807, 2.05) is 40.9 Å². The molecule has 0 spiro atoms. The van der Waals surface area contributed by atoms with E-state index in [-0.39, 0.29) is 18.2 Å². The van der Waals surface area contributed by atoms with E-state index in [0.29, 0.717) is 17.9 Å². The molecule has 0 saturated heterocycles. The van der Waals surface area contributed by atoms with E-state index in [2.05, 4.69) is 15.6 Å². The van der Waals surface area contributed by atoms with Crippen molar-refractivity contribution in [2.45, 2.75) is 19.0 Å². The van der Waals surface area contributed by atoms with Gasteiger partial charge >= 0.3 is 0 Å². The molecule has 7 heteroatoms. The van der Waals surface area contributed by atoms with Gasteiger partial charge in [-0.15, -0.1) is 0 Å². The third kappa shape index (κ3) is 2.52. The topological polar surface area (TPSA) is 75.5 Å². The average Bonchev–Trinajstić information content (AvgIpc) is 3.04. The highest BCUT2D eigenvalue weighted by atomic mass is 19.1. The molecule has 1 aliphatic carbocycles. The molecule has 1 fully saturated rings. The van der Waals surface area contributed by atoms with Crippen molar-refractivity contribution in [1.29, 1.82) is 0 Å². The number of nitrogens with zero attached hydrogens (tertiary/aromatic N) is 2. The van der Waals surface area contributed by atoms with Gasteiger partial charge in [0.05, 0.1) is 18.5 Å². The largest absolute Gasteiger partial charge is 0.326 e. The van der Waals surface area contributed by atoms with Gasteiger partial charge in [0.25, 0.3) is 0 Å². The van der Waals surface area contributed by atoms with Crippen LogP contribution in [0.4, 0.5) is 15.9 Å². The van der Waals surface area contributed by atoms with Crippen molar-refractivity contribution in [3.63, 3.8) is 0 Å². The van der Waals surface area contributed by atoms with E-state index in [9.17, 15) is 14.0 Å². The molecule has 1 aromatic carbocycles. The Kier molecular flexibility index (Phi) is 3.12. The molecule has 130 valence electrons. The zero-order chi connectivity index (χ0) is 17.8. The number of anilines is 2. The second kappa shape index (κ2) is 5.39. The quantitative estimate of drug-likeness (QED) is 0.763. The summed E-state index contributed by atoms with van der Waals surface area (Å²) in [6, 6.07) is 9.68. The fraction of sp³-hybridized carbons (Fsp3) is 0.211. The number of benzene rings is 1. The van der Waals surface area contributed by atoms with E-state index in [0.717, 1.165) is 22.4 Å². The molecule has 6 nitrogen and oxygen atoms in total. The lowest BCUT2D eigenvalue weighted by Gasteiger charge is -2.05. The summed E-state index contributed by atoms with van der Waals surface area (Å²) in [5.41, 5.74) is 4.47. The van der Waals surface area contributed by atoms with Crippen molar-refractivity contribution >= 4 is 29.0 Å². The van der Waals surface area contributed by atoms with Crippen molar-refractivity contribution in [3.8, 4) is 11.1 Å². The molecule has 26 heavy (non-hydrogen) atoms. The second-order valence-electron chi connectivity index (χ2n) is 6.75. The maximum atomic E-state index is 13.0. The highest BCUT2D eigenvalue weighted by Crippen LogP contribution is 2.34. The molecule has 0 radical (unpaired) electrons. The molecule has 2 aliphatic rings. The zero-order valence-corrected chi connectivity index (χ0v) is 13.7. The van der Waals surface area contributed by atoms with Crippen LogP contribution in [0.2, 0.25) is 0 Å². The van der Waals surface area contributed by atoms with E-state index < -0.39 is 12.1 Å². The van der Waals surface area contributed by atoms with Crippen LogP contribution < -0.4 is 10.6 Å². The first-order valence-electron chi connectivity index (χ1n) is 8.44. The van der Waals surface area contributed by atoms with Gasteiger partial charge in [0.1, 0.15) is 11.8 Å². The highest BCUT2D eigenvalue weighted by molar-refractivity contribution is 6.00. The van der Waals surface area contributed by atoms with Crippen LogP contribution in [0.15, 0.2) is 42.7 Å². The standard InChI is InChI=1S/C19H15FN4O2/c20-14-7-13(14)19(26)23-16-9-24-8-12(3-4-17(24)22-16)10-1-2-11-6-18(25)21-15(11)5-10/h1-5,8-9,13-14H,6-7H2,(H,21,25)(H,23,26). The Morgan fingerprint density at radius 2 is 2.04 bits per heavy atom. The lowest BCUT2D eigenvalue weighted by Crippen LogP contribution is -2.15. The van der Waals surface area contributed by atoms with Crippen LogP contribution in [0.1, 0.15) is 12.0 Å². The maximum Gasteiger partial charge on any atom is 0.231 e. The van der Waals surface area contributed by atoms with Gasteiger partial charge in [0.2, 0.25) is 11.8 Å². The number of fused-ring (bicyclic) bond motifs is 2. The number of carbonyl (C=O) groups excluding carboxylic acids is 2. The number of rotatable bonds is 3. The summed E-state index contributed by atoms with van der Waals surface area (Å²) in [6.07, 6.45) is 3.30. The van der Waals surface area contributed by atoms with Gasteiger partial charge in [0.15, 0.2) is 5.82 Å². The van der Waals surface area contributed by atoms with Gasteiger partial charge < -0.3 is 15.0 Å². The number of halogens is 1. The molecule has 1 aliphatic heterocycles. The molecule has 2 aromatic heterocycles. The Balaban J connectivity index is 1.44. The number of hydrogen-bond donors (Lipinski definition) is 2. The van der Waals surface area contributed by atoms with Crippen LogP contribution in [0.5, 0.6) is 0 Å². The Bertz CT molecular complexity index is 1070. The first-order valence-corrected chi connectivity index (χ1v) is 8.44. The Morgan fingerprint density at radius 1 is 1.23 bits per heavy atom. The first-order chi connectivity index (χ1) is 12.6. The number of aromatic nitrogens is 2. The van der Waals surface area contributed by atoms with Crippen molar-refractivity contribution < 1.29 is 14.0 Å². The van der Waals surface area contributed by atoms with Crippen LogP contribution in [0.25, 0.3) is 16.8 Å². The fourth-order valence-electron chi connectivity index (χ4n) is 3.27. The molecule has 2 N–H and O–H groups in total. The van der Waals surface area contributed by atoms with E-state index in [1.54, 1.807) is 6.20 Å². The van der Waals surface area contributed by atoms with Crippen LogP contribution >= 0.6 is 0 Å². The summed E-state index contributed by atoms with van der Waals surface area (Å²) in [5.74, 6) is -0.450. The minimum absolute atomic E-state index is 0.00813. The Hall–Kier alpha value is -3.22. The molecule has 2 atom stereocenters. The van der Waals surface area contributed by atoms with Gasteiger partial charge in [-0.25, -0.2) is 9.37 Å². The number of amides is 2. The van der Waals surface area contributed by atoms with E-state index in [1.165, 1.54) is 0 Å². The summed E-state index contributed by atoms with van der Waals surface area (Å²) in [4.78, 5) is 27.7. The third-order valence-electron chi connectivity index (χ3n) is 4.82. The number of hydrogen-bond acceptors (Lipinski definition) is 3. The molecule has 2 amide bonds. The van der Waals surface area contributed by atoms with Crippen molar-refractivity contribution in [1.82, 2.24) is 9.38 Å². The molecule has 5 rings (SSSR count). The SMILES string of the molecule is O=C1Cc2ccc(-c3ccc4nc(NC(=O)C5CC5F)cn4c3)cc2N1. The van der Waals surface area contributed by atoms with Gasteiger partial charge in [-0.05, 0) is 41.3 Å². The predicted molar refractivity (Wildman–Crippen MR) is 94.6 cm³/mol. The minimum atomic E-state index is -1.03. The lowest BCUT2D eigenvalue weighted by atomic mass is 10.0. The molecule has 0 bridgehead atoms. The summed E-state index contributed by atoms with van der Waals surface area (Å²) < 4.78 is 14.8. The average molecular weight is 350 g/mol. The number of imidazole rings is 1. The highest BCUT2D eigenvalue weighted by Gasteiger charge is 2.43. The van der Waals surface area contributed by atoms with E-state index >= 15 is 0 Å². The smallest absolute Gasteiger partial charge is 0.231 e. The molecule has 3 heterocycles. The third-order valence-corrected chi connectivity index (χ3v) is 4.82. The van der Waals surface area contributed by atoms with Crippen LogP contribution in [0.3, 0.4) is 0 Å². The summed E-state index contributed by atoms with van der Waals surface area (Å²) >= 11 is 0. The summed E-state index contributed by atoms with van der Waals surface area (Å²) in [5, 5.41) is 5.52. The van der Waals surface area contributed by atoms with Crippen LogP contribution in [0, 0.1) is 5.92 Å². The zero-order valence-electron chi connectivity index (χ0n) is 13.7. The predicted octanol–water partition coefficient (Wildman–Crippen LogP) is 2.79. The summed E-state index contributed by atoms with van der Waals surface area (Å²) in [7, 11) is 0. The molecule has 3 aromatic rings. The van der Waals surface area contributed by atoms with Crippen molar-refractivity contribution in [2.24, 2.45) is 5.92 Å². The minimum Gasteiger partial charge on any atom is -0.326 e. The number of pyridine rings is 1. The lowest BCUT2D eigenvalue weighted by molar-refractivity contribution is -0.117. The van der Waals surface area contributed by atoms with Crippen LogP contribution in [-0.2, 0) is 16.0 Å². The van der Waals surface area contributed by atoms with Gasteiger partial charge in [-0.1, -0.05) is 12.1 Å². The maximum absolute atomic E-state index is 13.0. The Labute approximate surface area is 148 Å². The molecule has 2 unspecified atom stereocenters. The second-order valence-corrected chi connectivity index (χ2v) is 6.75. The molecular weight excluding hydrogens is 335 g/mol. The van der Waals surface area contributed by atoms with Gasteiger partial charge in [0, 0.05) is 11.9 Å². The van der Waals surface area contributed by atoms with Crippen molar-refractivity contribution in [3.05, 3.63) is 48.3 Å². The molecular formula is C19H15FN4O2. The van der Waals surface area contributed by atoms with E-state index in [4.69, 9.17) is 0 Å². The van der Waals surface area contributed by atoms with Crippen molar-refractivity contribution in [2.75, 3.05) is 10.6 Å². The monoisotopic (exact) mass is 350 g/mol. The van der Waals surface area contributed by atoms with Gasteiger partial charge in [-0.2, -0.15) is 0 Å².